The highest BCUT2D eigenvalue weighted by Crippen LogP contribution is 2.33. The van der Waals surface area contributed by atoms with Crippen LogP contribution in [-0.2, 0) is 33.2 Å². The molecule has 3 aliphatic rings. The Morgan fingerprint density at radius 1 is 0.363 bits per heavy atom. The molecule has 1 amide bonds. The molecule has 0 aliphatic carbocycles. The molecule has 0 bridgehead atoms. The van der Waals surface area contributed by atoms with Crippen molar-refractivity contribution < 1.29 is 89.4 Å². The Labute approximate surface area is 615 Å². The van der Waals surface area contributed by atoms with E-state index in [1.165, 1.54) is 161 Å². The second-order valence-electron chi connectivity index (χ2n) is 28.5. The zero-order valence-corrected chi connectivity index (χ0v) is 63.1. The molecular formula is C83H145NO18. The summed E-state index contributed by atoms with van der Waals surface area (Å²) in [5.74, 6) is -0.283. The minimum absolute atomic E-state index is 0.231. The van der Waals surface area contributed by atoms with E-state index in [-0.39, 0.29) is 18.9 Å². The molecule has 3 fully saturated rings. The molecule has 0 saturated carbocycles. The standard InChI is InChI=1S/C83H145NO18/c1-3-5-7-9-11-13-15-17-19-21-23-25-27-29-31-32-33-34-35-37-39-41-43-45-47-49-51-53-55-57-59-61-71(89)84-66(67(88)60-58-56-54-52-50-48-46-44-42-40-38-36-30-28-26-24-22-20-18-16-14-12-10-8-6-4-2)65-97-81-77(95)74(92)79(69(63-86)99-81)102-83-78(96)75(93)80(70(64-87)100-83)101-82-76(94)73(91)72(90)68(62-85)98-82/h5,7,11,13,17,19,23,25,29,31,33-34,37,39,58,60,66-70,72-83,85-88,90-96H,3-4,6,8-10,12,14-16,18,20-22,24,26-28,30,32,35-36,38,40-57,59,61-65H2,1-2H3,(H,84,89)/b7-5-,13-11-,19-17-,25-23-,31-29-,34-33-,39-37-,60-58+. The smallest absolute Gasteiger partial charge is 0.220 e. The number of carbonyl (C=O) groups is 1. The first-order chi connectivity index (χ1) is 49.8. The SMILES string of the molecule is CC/C=C\C/C=C\C/C=C\C/C=C\C/C=C\C/C=C\C/C=C\CCCCCCCCCCCC(=O)NC(COC1OC(CO)C(OC2OC(CO)C(OC3OC(CO)C(O)C(O)C3O)C(O)C2O)C(O)C1O)C(O)/C=C/CCCCCCCCCCCCCCCCCCCCCCCCCC. The lowest BCUT2D eigenvalue weighted by Crippen LogP contribution is -2.66. The van der Waals surface area contributed by atoms with E-state index in [2.05, 4.69) is 104 Å². The molecule has 3 heterocycles. The third kappa shape index (κ3) is 42.3. The molecule has 3 aliphatic heterocycles. The summed E-state index contributed by atoms with van der Waals surface area (Å²) in [5, 5.41) is 121. The van der Waals surface area contributed by atoms with Gasteiger partial charge in [0.15, 0.2) is 18.9 Å². The number of ether oxygens (including phenoxy) is 6. The van der Waals surface area contributed by atoms with Crippen LogP contribution < -0.4 is 5.32 Å². The largest absolute Gasteiger partial charge is 0.394 e. The van der Waals surface area contributed by atoms with Gasteiger partial charge in [0, 0.05) is 6.42 Å². The number of amides is 1. The van der Waals surface area contributed by atoms with Crippen molar-refractivity contribution in [1.29, 1.82) is 0 Å². The molecule has 102 heavy (non-hydrogen) atoms. The summed E-state index contributed by atoms with van der Waals surface area (Å²) in [6.45, 7) is 1.64. The van der Waals surface area contributed by atoms with Gasteiger partial charge in [0.25, 0.3) is 0 Å². The average molecular weight is 1450 g/mol. The predicted molar refractivity (Wildman–Crippen MR) is 406 cm³/mol. The predicted octanol–water partition coefficient (Wildman–Crippen LogP) is 13.6. The third-order valence-corrected chi connectivity index (χ3v) is 19.6. The van der Waals surface area contributed by atoms with Gasteiger partial charge in [-0.05, 0) is 77.0 Å². The second kappa shape index (κ2) is 62.7. The first kappa shape index (κ1) is 92.9. The van der Waals surface area contributed by atoms with Crippen LogP contribution in [0.5, 0.6) is 0 Å². The summed E-state index contributed by atoms with van der Waals surface area (Å²) in [5.41, 5.74) is 0. The summed E-state index contributed by atoms with van der Waals surface area (Å²) in [6, 6.07) is -0.985. The fraction of sp³-hybridized carbons (Fsp3) is 0.795. The molecule has 0 aromatic rings. The van der Waals surface area contributed by atoms with Crippen molar-refractivity contribution in [2.45, 2.75) is 394 Å². The van der Waals surface area contributed by atoms with Gasteiger partial charge in [-0.1, -0.05) is 304 Å². The van der Waals surface area contributed by atoms with Gasteiger partial charge >= 0.3 is 0 Å². The minimum atomic E-state index is -1.98. The van der Waals surface area contributed by atoms with Gasteiger partial charge in [-0.2, -0.15) is 0 Å². The van der Waals surface area contributed by atoms with Gasteiger partial charge in [0.05, 0.1) is 38.6 Å². The molecule has 12 N–H and O–H groups in total. The van der Waals surface area contributed by atoms with E-state index in [1.807, 2.05) is 6.08 Å². The highest BCUT2D eigenvalue weighted by molar-refractivity contribution is 5.76. The van der Waals surface area contributed by atoms with Crippen LogP contribution in [0.1, 0.15) is 290 Å². The van der Waals surface area contributed by atoms with Crippen LogP contribution in [0.15, 0.2) is 97.2 Å². The number of unbranched alkanes of at least 4 members (excludes halogenated alkanes) is 33. The van der Waals surface area contributed by atoms with Crippen LogP contribution in [0.4, 0.5) is 0 Å². The van der Waals surface area contributed by atoms with Gasteiger partial charge in [-0.25, -0.2) is 0 Å². The zero-order valence-electron chi connectivity index (χ0n) is 63.1. The number of nitrogens with one attached hydrogen (secondary N) is 1. The van der Waals surface area contributed by atoms with E-state index in [9.17, 15) is 61.0 Å². The Bertz CT molecular complexity index is 2220. The van der Waals surface area contributed by atoms with E-state index >= 15 is 0 Å². The number of aliphatic hydroxyl groups excluding tert-OH is 11. The summed E-state index contributed by atoms with van der Waals surface area (Å²) < 4.78 is 34.5. The van der Waals surface area contributed by atoms with Gasteiger partial charge in [0.1, 0.15) is 73.2 Å². The van der Waals surface area contributed by atoms with Crippen molar-refractivity contribution in [3.63, 3.8) is 0 Å². The van der Waals surface area contributed by atoms with Crippen molar-refractivity contribution in [2.75, 3.05) is 26.4 Å². The Morgan fingerprint density at radius 2 is 0.676 bits per heavy atom. The number of hydrogen-bond donors (Lipinski definition) is 12. The Kier molecular flexibility index (Phi) is 57.1. The van der Waals surface area contributed by atoms with E-state index in [0.29, 0.717) is 6.42 Å². The fourth-order valence-corrected chi connectivity index (χ4v) is 13.2. The maximum absolute atomic E-state index is 13.5. The molecule has 3 rings (SSSR count). The minimum Gasteiger partial charge on any atom is -0.394 e. The molecule has 19 heteroatoms. The maximum atomic E-state index is 13.5. The zero-order chi connectivity index (χ0) is 73.9. The quantitative estimate of drug-likeness (QED) is 0.0199. The van der Waals surface area contributed by atoms with Crippen molar-refractivity contribution in [3.8, 4) is 0 Å². The Balaban J connectivity index is 1.39. The number of aliphatic hydroxyl groups is 11. The molecule has 17 unspecified atom stereocenters. The van der Waals surface area contributed by atoms with Crippen LogP contribution in [0, 0.1) is 0 Å². The van der Waals surface area contributed by atoms with Crippen molar-refractivity contribution in [1.82, 2.24) is 5.32 Å². The second-order valence-corrected chi connectivity index (χ2v) is 28.5. The lowest BCUT2D eigenvalue weighted by molar-refractivity contribution is -0.379. The number of carbonyl (C=O) groups excluding carboxylic acids is 1. The molecular weight excluding hydrogens is 1300 g/mol. The van der Waals surface area contributed by atoms with Crippen LogP contribution in [0.2, 0.25) is 0 Å². The van der Waals surface area contributed by atoms with Gasteiger partial charge in [-0.3, -0.25) is 4.79 Å². The maximum Gasteiger partial charge on any atom is 0.220 e. The summed E-state index contributed by atoms with van der Waals surface area (Å²) in [6.07, 6.45) is 58.1. The number of rotatable bonds is 63. The van der Waals surface area contributed by atoms with Crippen LogP contribution in [-0.4, -0.2) is 193 Å². The molecule has 0 radical (unpaired) electrons. The molecule has 3 saturated heterocycles. The first-order valence-corrected chi connectivity index (χ1v) is 40.5. The van der Waals surface area contributed by atoms with E-state index < -0.39 is 124 Å². The molecule has 0 aromatic heterocycles. The van der Waals surface area contributed by atoms with Crippen molar-refractivity contribution in [2.24, 2.45) is 0 Å². The molecule has 19 nitrogen and oxygen atoms in total. The first-order valence-electron chi connectivity index (χ1n) is 40.5. The summed E-state index contributed by atoms with van der Waals surface area (Å²) >= 11 is 0. The lowest BCUT2D eigenvalue weighted by Gasteiger charge is -2.48. The van der Waals surface area contributed by atoms with Crippen LogP contribution in [0.25, 0.3) is 0 Å². The molecule has 17 atom stereocenters. The Morgan fingerprint density at radius 3 is 1.06 bits per heavy atom. The lowest BCUT2D eigenvalue weighted by atomic mass is 9.96. The van der Waals surface area contributed by atoms with Crippen molar-refractivity contribution >= 4 is 5.91 Å². The van der Waals surface area contributed by atoms with Crippen LogP contribution >= 0.6 is 0 Å². The fourth-order valence-electron chi connectivity index (χ4n) is 13.2. The van der Waals surface area contributed by atoms with E-state index in [0.717, 1.165) is 103 Å². The summed E-state index contributed by atoms with van der Waals surface area (Å²) in [7, 11) is 0. The third-order valence-electron chi connectivity index (χ3n) is 19.6. The monoisotopic (exact) mass is 1440 g/mol. The topological polar surface area (TPSA) is 307 Å². The van der Waals surface area contributed by atoms with Gasteiger partial charge in [-0.15, -0.1) is 0 Å². The normalized spacial score (nSPS) is 26.7. The van der Waals surface area contributed by atoms with Gasteiger partial charge < -0.3 is 89.9 Å². The highest BCUT2D eigenvalue weighted by atomic mass is 16.8. The summed E-state index contributed by atoms with van der Waals surface area (Å²) in [4.78, 5) is 13.5. The Hall–Kier alpha value is -3.29. The average Bonchev–Trinajstić information content (AvgIpc) is 0.781. The highest BCUT2D eigenvalue weighted by Gasteiger charge is 2.54. The number of hydrogen-bond acceptors (Lipinski definition) is 18. The van der Waals surface area contributed by atoms with Crippen LogP contribution in [0.3, 0.4) is 0 Å². The number of allylic oxidation sites excluding steroid dienone is 15. The van der Waals surface area contributed by atoms with Gasteiger partial charge in [0.2, 0.25) is 5.91 Å². The molecule has 0 aromatic carbocycles. The van der Waals surface area contributed by atoms with Crippen molar-refractivity contribution in [3.05, 3.63) is 97.2 Å². The molecule has 590 valence electrons. The van der Waals surface area contributed by atoms with E-state index in [4.69, 9.17) is 28.4 Å². The molecule has 0 spiro atoms. The van der Waals surface area contributed by atoms with E-state index in [1.54, 1.807) is 6.08 Å².